The molecule has 0 aromatic carbocycles. The Morgan fingerprint density at radius 3 is 2.61 bits per heavy atom. The minimum atomic E-state index is -1.32. The summed E-state index contributed by atoms with van der Waals surface area (Å²) in [7, 11) is 0. The van der Waals surface area contributed by atoms with Crippen LogP contribution in [0.1, 0.15) is 19.3 Å². The third-order valence-electron chi connectivity index (χ3n) is 3.37. The number of hydrogen-bond donors (Lipinski definition) is 3. The van der Waals surface area contributed by atoms with Crippen molar-refractivity contribution in [2.24, 2.45) is 0 Å². The number of ether oxygens (including phenoxy) is 1. The number of rotatable bonds is 5. The van der Waals surface area contributed by atoms with Crippen LogP contribution in [-0.4, -0.2) is 65.1 Å². The zero-order chi connectivity index (χ0) is 13.2. The van der Waals surface area contributed by atoms with Crippen molar-refractivity contribution in [3.05, 3.63) is 0 Å². The highest BCUT2D eigenvalue weighted by Gasteiger charge is 2.45. The SMILES string of the molecule is O=C(NC1(C(=O)O)CCOC1)N(CCO)C1CC1. The summed E-state index contributed by atoms with van der Waals surface area (Å²) in [4.78, 5) is 24.8. The fourth-order valence-electron chi connectivity index (χ4n) is 2.11. The number of nitrogens with zero attached hydrogens (tertiary/aromatic N) is 1. The summed E-state index contributed by atoms with van der Waals surface area (Å²) in [5.41, 5.74) is -1.32. The van der Waals surface area contributed by atoms with Crippen LogP contribution in [0.5, 0.6) is 0 Å². The van der Waals surface area contributed by atoms with Gasteiger partial charge in [-0.15, -0.1) is 0 Å². The molecule has 1 atom stereocenters. The van der Waals surface area contributed by atoms with Gasteiger partial charge in [0.25, 0.3) is 0 Å². The van der Waals surface area contributed by atoms with Gasteiger partial charge in [0.15, 0.2) is 5.54 Å². The fourth-order valence-corrected chi connectivity index (χ4v) is 2.11. The maximum absolute atomic E-state index is 12.1. The maximum Gasteiger partial charge on any atom is 0.332 e. The second kappa shape index (κ2) is 5.11. The van der Waals surface area contributed by atoms with Crippen molar-refractivity contribution in [2.75, 3.05) is 26.4 Å². The van der Waals surface area contributed by atoms with Gasteiger partial charge in [-0.3, -0.25) is 0 Å². The van der Waals surface area contributed by atoms with E-state index in [-0.39, 0.29) is 32.2 Å². The Labute approximate surface area is 105 Å². The van der Waals surface area contributed by atoms with E-state index < -0.39 is 17.5 Å². The maximum atomic E-state index is 12.1. The molecule has 7 nitrogen and oxygen atoms in total. The van der Waals surface area contributed by atoms with Gasteiger partial charge < -0.3 is 25.2 Å². The van der Waals surface area contributed by atoms with E-state index in [0.29, 0.717) is 6.61 Å². The molecule has 0 aromatic rings. The molecule has 1 heterocycles. The number of carbonyl (C=O) groups is 2. The summed E-state index contributed by atoms with van der Waals surface area (Å²) < 4.78 is 5.08. The van der Waals surface area contributed by atoms with E-state index >= 15 is 0 Å². The average molecular weight is 258 g/mol. The van der Waals surface area contributed by atoms with Gasteiger partial charge in [0.05, 0.1) is 13.2 Å². The second-order valence-corrected chi connectivity index (χ2v) is 4.77. The summed E-state index contributed by atoms with van der Waals surface area (Å²) >= 11 is 0. The molecule has 1 aliphatic carbocycles. The molecule has 1 saturated heterocycles. The molecule has 1 aliphatic heterocycles. The molecule has 0 radical (unpaired) electrons. The first-order valence-corrected chi connectivity index (χ1v) is 6.10. The number of carboxylic acid groups (broad SMARTS) is 1. The molecular formula is C11H18N2O5. The highest BCUT2D eigenvalue weighted by molar-refractivity contribution is 5.87. The van der Waals surface area contributed by atoms with E-state index in [0.717, 1.165) is 12.8 Å². The molecule has 7 heteroatoms. The second-order valence-electron chi connectivity index (χ2n) is 4.77. The summed E-state index contributed by atoms with van der Waals surface area (Å²) in [6, 6.07) is -0.301. The highest BCUT2D eigenvalue weighted by atomic mass is 16.5. The molecule has 2 aliphatic rings. The minimum Gasteiger partial charge on any atom is -0.479 e. The van der Waals surface area contributed by atoms with E-state index in [1.54, 1.807) is 0 Å². The van der Waals surface area contributed by atoms with Crippen molar-refractivity contribution in [2.45, 2.75) is 30.8 Å². The van der Waals surface area contributed by atoms with Gasteiger partial charge in [-0.25, -0.2) is 9.59 Å². The number of nitrogens with one attached hydrogen (secondary N) is 1. The Morgan fingerprint density at radius 2 is 2.17 bits per heavy atom. The lowest BCUT2D eigenvalue weighted by molar-refractivity contribution is -0.144. The molecule has 1 unspecified atom stereocenters. The van der Waals surface area contributed by atoms with Gasteiger partial charge in [-0.2, -0.15) is 0 Å². The summed E-state index contributed by atoms with van der Waals surface area (Å²) in [5.74, 6) is -1.08. The number of aliphatic hydroxyl groups excluding tert-OH is 1. The zero-order valence-electron chi connectivity index (χ0n) is 10.1. The number of amides is 2. The largest absolute Gasteiger partial charge is 0.479 e. The van der Waals surface area contributed by atoms with Crippen LogP contribution in [-0.2, 0) is 9.53 Å². The molecule has 0 bridgehead atoms. The molecule has 18 heavy (non-hydrogen) atoms. The molecule has 2 fully saturated rings. The number of hydrogen-bond acceptors (Lipinski definition) is 4. The van der Waals surface area contributed by atoms with Crippen molar-refractivity contribution in [3.63, 3.8) is 0 Å². The summed E-state index contributed by atoms with van der Waals surface area (Å²) in [5, 5.41) is 20.7. The van der Waals surface area contributed by atoms with Crippen LogP contribution in [0.2, 0.25) is 0 Å². The lowest BCUT2D eigenvalue weighted by Gasteiger charge is -2.29. The highest BCUT2D eigenvalue weighted by Crippen LogP contribution is 2.27. The molecule has 2 amide bonds. The molecular weight excluding hydrogens is 240 g/mol. The van der Waals surface area contributed by atoms with E-state index in [1.807, 2.05) is 0 Å². The first-order chi connectivity index (χ1) is 8.59. The first kappa shape index (κ1) is 13.1. The minimum absolute atomic E-state index is 0.00823. The molecule has 1 saturated carbocycles. The van der Waals surface area contributed by atoms with Crippen LogP contribution in [0, 0.1) is 0 Å². The average Bonchev–Trinajstić information content (AvgIpc) is 3.05. The van der Waals surface area contributed by atoms with Crippen molar-refractivity contribution >= 4 is 12.0 Å². The molecule has 3 N–H and O–H groups in total. The van der Waals surface area contributed by atoms with Gasteiger partial charge in [0, 0.05) is 25.6 Å². The van der Waals surface area contributed by atoms with Gasteiger partial charge >= 0.3 is 12.0 Å². The van der Waals surface area contributed by atoms with E-state index in [2.05, 4.69) is 5.32 Å². The molecule has 0 spiro atoms. The Kier molecular flexibility index (Phi) is 3.72. The quantitative estimate of drug-likeness (QED) is 0.611. The lowest BCUT2D eigenvalue weighted by atomic mass is 9.99. The smallest absolute Gasteiger partial charge is 0.332 e. The first-order valence-electron chi connectivity index (χ1n) is 6.10. The Hall–Kier alpha value is -1.34. The topological polar surface area (TPSA) is 99.1 Å². The van der Waals surface area contributed by atoms with E-state index in [4.69, 9.17) is 9.84 Å². The predicted molar refractivity (Wildman–Crippen MR) is 61.1 cm³/mol. The van der Waals surface area contributed by atoms with Gasteiger partial charge in [0.2, 0.25) is 0 Å². The molecule has 0 aromatic heterocycles. The molecule has 102 valence electrons. The van der Waals surface area contributed by atoms with Crippen LogP contribution >= 0.6 is 0 Å². The van der Waals surface area contributed by atoms with Crippen molar-refractivity contribution < 1.29 is 24.5 Å². The van der Waals surface area contributed by atoms with Gasteiger partial charge in [-0.05, 0) is 12.8 Å². The number of carboxylic acids is 1. The summed E-state index contributed by atoms with van der Waals surface area (Å²) in [6.07, 6.45) is 2.08. The van der Waals surface area contributed by atoms with Crippen LogP contribution < -0.4 is 5.32 Å². The van der Waals surface area contributed by atoms with Crippen molar-refractivity contribution in [3.8, 4) is 0 Å². The normalized spacial score (nSPS) is 26.9. The number of urea groups is 1. The van der Waals surface area contributed by atoms with Crippen molar-refractivity contribution in [1.29, 1.82) is 0 Å². The standard InChI is InChI=1S/C11H18N2O5/c14-5-4-13(8-1-2-8)10(17)12-11(9(15)16)3-6-18-7-11/h8,14H,1-7H2,(H,12,17)(H,15,16). The Bertz CT molecular complexity index is 336. The monoisotopic (exact) mass is 258 g/mol. The van der Waals surface area contributed by atoms with Crippen LogP contribution in [0.3, 0.4) is 0 Å². The lowest BCUT2D eigenvalue weighted by Crippen LogP contribution is -2.59. The predicted octanol–water partition coefficient (Wildman–Crippen LogP) is -0.604. The van der Waals surface area contributed by atoms with Gasteiger partial charge in [0.1, 0.15) is 0 Å². The van der Waals surface area contributed by atoms with Gasteiger partial charge in [-0.1, -0.05) is 0 Å². The Morgan fingerprint density at radius 1 is 1.44 bits per heavy atom. The van der Waals surface area contributed by atoms with Crippen molar-refractivity contribution in [1.82, 2.24) is 10.2 Å². The number of carbonyl (C=O) groups excluding carboxylic acids is 1. The fraction of sp³-hybridized carbons (Fsp3) is 0.818. The Balaban J connectivity index is 2.01. The number of aliphatic hydroxyl groups is 1. The van der Waals surface area contributed by atoms with Crippen LogP contribution in [0.25, 0.3) is 0 Å². The van der Waals surface area contributed by atoms with E-state index in [1.165, 1.54) is 4.90 Å². The van der Waals surface area contributed by atoms with Crippen LogP contribution in [0.15, 0.2) is 0 Å². The third kappa shape index (κ3) is 2.56. The third-order valence-corrected chi connectivity index (χ3v) is 3.37. The summed E-state index contributed by atoms with van der Waals surface area (Å²) in [6.45, 7) is 0.426. The molecule has 2 rings (SSSR count). The zero-order valence-corrected chi connectivity index (χ0v) is 10.1. The number of aliphatic carboxylic acids is 1. The van der Waals surface area contributed by atoms with E-state index in [9.17, 15) is 14.7 Å². The van der Waals surface area contributed by atoms with Crippen LogP contribution in [0.4, 0.5) is 4.79 Å².